The average Bonchev–Trinajstić information content (AvgIpc) is 1.85. The fraction of sp³-hybridized carbons (Fsp3) is 0. The standard InChI is InChI=1S/C6H6N2O3/c7-5-1-4(9)3(2-8-5)6(10)11/h1-2H,(H,10,11)(H3,7,8,9). The number of carboxylic acid groups (broad SMARTS) is 1. The van der Waals surface area contributed by atoms with Gasteiger partial charge >= 0.3 is 5.97 Å². The minimum Gasteiger partial charge on any atom is -0.507 e. The SMILES string of the molecule is Nc1cc(O)c(C(=O)O)cn1. The van der Waals surface area contributed by atoms with E-state index in [1.165, 1.54) is 0 Å². The number of carboxylic acids is 1. The van der Waals surface area contributed by atoms with Crippen LogP contribution in [0.2, 0.25) is 0 Å². The first-order chi connectivity index (χ1) is 5.11. The molecule has 0 saturated heterocycles. The van der Waals surface area contributed by atoms with E-state index in [0.29, 0.717) is 0 Å². The molecule has 5 heteroatoms. The summed E-state index contributed by atoms with van der Waals surface area (Å²) >= 11 is 0. The van der Waals surface area contributed by atoms with Crippen LogP contribution in [-0.4, -0.2) is 21.2 Å². The second kappa shape index (κ2) is 2.45. The van der Waals surface area contributed by atoms with Gasteiger partial charge in [0.25, 0.3) is 0 Å². The molecule has 0 bridgehead atoms. The average molecular weight is 154 g/mol. The Morgan fingerprint density at radius 1 is 1.64 bits per heavy atom. The van der Waals surface area contributed by atoms with Gasteiger partial charge in [0.1, 0.15) is 17.1 Å². The van der Waals surface area contributed by atoms with Crippen LogP contribution in [-0.2, 0) is 0 Å². The second-order valence-corrected chi connectivity index (χ2v) is 1.93. The van der Waals surface area contributed by atoms with Crippen LogP contribution >= 0.6 is 0 Å². The van der Waals surface area contributed by atoms with Gasteiger partial charge in [-0.15, -0.1) is 0 Å². The molecule has 0 aromatic carbocycles. The van der Waals surface area contributed by atoms with Crippen LogP contribution in [0.4, 0.5) is 5.82 Å². The van der Waals surface area contributed by atoms with Gasteiger partial charge in [0, 0.05) is 12.3 Å². The maximum atomic E-state index is 10.3. The second-order valence-electron chi connectivity index (χ2n) is 1.93. The molecule has 0 radical (unpaired) electrons. The third-order valence-corrected chi connectivity index (χ3v) is 1.13. The lowest BCUT2D eigenvalue weighted by Gasteiger charge is -1.97. The zero-order valence-corrected chi connectivity index (χ0v) is 5.48. The minimum absolute atomic E-state index is 0.0903. The summed E-state index contributed by atoms with van der Waals surface area (Å²) < 4.78 is 0. The molecule has 11 heavy (non-hydrogen) atoms. The summed E-state index contributed by atoms with van der Waals surface area (Å²) in [6.07, 6.45) is 1.01. The molecule has 1 aromatic heterocycles. The molecule has 0 saturated carbocycles. The first-order valence-electron chi connectivity index (χ1n) is 2.79. The van der Waals surface area contributed by atoms with Crippen LogP contribution < -0.4 is 5.73 Å². The molecule has 0 amide bonds. The van der Waals surface area contributed by atoms with E-state index in [1.807, 2.05) is 0 Å². The highest BCUT2D eigenvalue weighted by Gasteiger charge is 2.08. The van der Waals surface area contributed by atoms with Crippen molar-refractivity contribution in [3.8, 4) is 5.75 Å². The number of hydrogen-bond acceptors (Lipinski definition) is 4. The molecule has 0 atom stereocenters. The molecule has 0 aliphatic rings. The van der Waals surface area contributed by atoms with Crippen LogP contribution in [0.5, 0.6) is 5.75 Å². The van der Waals surface area contributed by atoms with Crippen molar-refractivity contribution < 1.29 is 15.0 Å². The summed E-state index contributed by atoms with van der Waals surface area (Å²) in [5.41, 5.74) is 4.91. The molecule has 1 aromatic rings. The highest BCUT2D eigenvalue weighted by atomic mass is 16.4. The van der Waals surface area contributed by atoms with E-state index in [0.717, 1.165) is 12.3 Å². The van der Waals surface area contributed by atoms with Crippen molar-refractivity contribution in [1.29, 1.82) is 0 Å². The zero-order chi connectivity index (χ0) is 8.43. The van der Waals surface area contributed by atoms with Gasteiger partial charge in [-0.25, -0.2) is 9.78 Å². The molecule has 0 aliphatic heterocycles. The van der Waals surface area contributed by atoms with Gasteiger partial charge < -0.3 is 15.9 Å². The fourth-order valence-electron chi connectivity index (χ4n) is 0.625. The molecule has 0 fully saturated rings. The summed E-state index contributed by atoms with van der Waals surface area (Å²) in [7, 11) is 0. The van der Waals surface area contributed by atoms with Crippen molar-refractivity contribution in [2.24, 2.45) is 0 Å². The van der Waals surface area contributed by atoms with Gasteiger partial charge in [-0.05, 0) is 0 Å². The van der Waals surface area contributed by atoms with Crippen LogP contribution in [0.1, 0.15) is 10.4 Å². The fourth-order valence-corrected chi connectivity index (χ4v) is 0.625. The van der Waals surface area contributed by atoms with Crippen molar-refractivity contribution in [1.82, 2.24) is 4.98 Å². The van der Waals surface area contributed by atoms with E-state index in [9.17, 15) is 4.79 Å². The quantitative estimate of drug-likeness (QED) is 0.531. The lowest BCUT2D eigenvalue weighted by molar-refractivity contribution is 0.0693. The van der Waals surface area contributed by atoms with Crippen LogP contribution in [0.25, 0.3) is 0 Å². The lowest BCUT2D eigenvalue weighted by atomic mass is 10.2. The van der Waals surface area contributed by atoms with Crippen molar-refractivity contribution in [3.63, 3.8) is 0 Å². The van der Waals surface area contributed by atoms with Gasteiger partial charge in [-0.1, -0.05) is 0 Å². The molecule has 1 rings (SSSR count). The minimum atomic E-state index is -1.23. The van der Waals surface area contributed by atoms with E-state index in [2.05, 4.69) is 4.98 Å². The zero-order valence-electron chi connectivity index (χ0n) is 5.48. The summed E-state index contributed by atoms with van der Waals surface area (Å²) in [5, 5.41) is 17.4. The highest BCUT2D eigenvalue weighted by molar-refractivity contribution is 5.90. The summed E-state index contributed by atoms with van der Waals surface area (Å²) in [6.45, 7) is 0. The number of aromatic nitrogens is 1. The molecule has 58 valence electrons. The van der Waals surface area contributed by atoms with Gasteiger partial charge in [0.05, 0.1) is 0 Å². The van der Waals surface area contributed by atoms with Gasteiger partial charge in [0.2, 0.25) is 0 Å². The van der Waals surface area contributed by atoms with Gasteiger partial charge in [0.15, 0.2) is 0 Å². The number of aromatic carboxylic acids is 1. The highest BCUT2D eigenvalue weighted by Crippen LogP contribution is 2.16. The Kier molecular flexibility index (Phi) is 1.63. The monoisotopic (exact) mass is 154 g/mol. The first-order valence-corrected chi connectivity index (χ1v) is 2.79. The Balaban J connectivity index is 3.20. The smallest absolute Gasteiger partial charge is 0.341 e. The first kappa shape index (κ1) is 7.33. The van der Waals surface area contributed by atoms with Gasteiger partial charge in [-0.2, -0.15) is 0 Å². The Labute approximate surface area is 62.1 Å². The number of carbonyl (C=O) groups is 1. The lowest BCUT2D eigenvalue weighted by Crippen LogP contribution is -1.99. The Hall–Kier alpha value is -1.78. The number of hydrogen-bond donors (Lipinski definition) is 3. The number of pyridine rings is 1. The van der Waals surface area contributed by atoms with E-state index < -0.39 is 5.97 Å². The molecule has 1 heterocycles. The topological polar surface area (TPSA) is 96.4 Å². The Morgan fingerprint density at radius 2 is 2.27 bits per heavy atom. The number of rotatable bonds is 1. The van der Waals surface area contributed by atoms with E-state index in [4.69, 9.17) is 15.9 Å². The van der Waals surface area contributed by atoms with Crippen LogP contribution in [0.15, 0.2) is 12.3 Å². The van der Waals surface area contributed by atoms with E-state index in [1.54, 1.807) is 0 Å². The molecule has 0 aliphatic carbocycles. The van der Waals surface area contributed by atoms with Crippen molar-refractivity contribution in [2.45, 2.75) is 0 Å². The van der Waals surface area contributed by atoms with E-state index in [-0.39, 0.29) is 17.1 Å². The van der Waals surface area contributed by atoms with Crippen molar-refractivity contribution >= 4 is 11.8 Å². The summed E-state index contributed by atoms with van der Waals surface area (Å²) in [5.74, 6) is -1.51. The number of nitrogens with two attached hydrogens (primary N) is 1. The Morgan fingerprint density at radius 3 is 2.73 bits per heavy atom. The number of aromatic hydroxyl groups is 1. The maximum absolute atomic E-state index is 10.3. The molecular weight excluding hydrogens is 148 g/mol. The normalized spacial score (nSPS) is 9.45. The van der Waals surface area contributed by atoms with Crippen LogP contribution in [0.3, 0.4) is 0 Å². The van der Waals surface area contributed by atoms with Crippen molar-refractivity contribution in [2.75, 3.05) is 5.73 Å². The molecular formula is C6H6N2O3. The van der Waals surface area contributed by atoms with Gasteiger partial charge in [-0.3, -0.25) is 0 Å². The third-order valence-electron chi connectivity index (χ3n) is 1.13. The Bertz CT molecular complexity index is 298. The third kappa shape index (κ3) is 1.37. The van der Waals surface area contributed by atoms with E-state index >= 15 is 0 Å². The predicted octanol–water partition coefficient (Wildman–Crippen LogP) is 0.0676. The molecule has 0 spiro atoms. The maximum Gasteiger partial charge on any atom is 0.341 e. The summed E-state index contributed by atoms with van der Waals surface area (Å²) in [4.78, 5) is 13.8. The largest absolute Gasteiger partial charge is 0.507 e. The summed E-state index contributed by atoms with van der Waals surface area (Å²) in [6, 6.07) is 1.09. The van der Waals surface area contributed by atoms with Crippen molar-refractivity contribution in [3.05, 3.63) is 17.8 Å². The predicted molar refractivity (Wildman–Crippen MR) is 37.3 cm³/mol. The number of anilines is 1. The number of nitrogen functional groups attached to an aromatic ring is 1. The molecule has 0 unspecified atom stereocenters. The molecule has 4 N–H and O–H groups in total. The molecule has 5 nitrogen and oxygen atoms in total. The van der Waals surface area contributed by atoms with Crippen LogP contribution in [0, 0.1) is 0 Å². The number of nitrogens with zero attached hydrogens (tertiary/aromatic N) is 1.